The van der Waals surface area contributed by atoms with Crippen LogP contribution >= 0.6 is 0 Å². The van der Waals surface area contributed by atoms with Crippen LogP contribution < -0.4 is 10.6 Å². The fraction of sp³-hybridized carbons (Fsp3) is 0.875. The zero-order chi connectivity index (χ0) is 18.6. The van der Waals surface area contributed by atoms with Crippen LogP contribution in [0.5, 0.6) is 0 Å². The van der Waals surface area contributed by atoms with E-state index < -0.39 is 0 Å². The second-order valence-electron chi connectivity index (χ2n) is 4.94. The van der Waals surface area contributed by atoms with Gasteiger partial charge in [-0.05, 0) is 0 Å². The number of nitrogens with one attached hydrogen (secondary N) is 2. The van der Waals surface area contributed by atoms with Crippen molar-refractivity contribution in [2.75, 3.05) is 79.7 Å². The lowest BCUT2D eigenvalue weighted by molar-refractivity contribution is -0.125. The lowest BCUT2D eigenvalue weighted by Gasteiger charge is -2.08. The van der Waals surface area contributed by atoms with E-state index in [1.165, 1.54) is 7.11 Å². The molecule has 0 aliphatic carbocycles. The summed E-state index contributed by atoms with van der Waals surface area (Å²) in [5, 5.41) is 5.38. The number of amides is 2. The van der Waals surface area contributed by atoms with Gasteiger partial charge < -0.3 is 34.3 Å². The Bertz CT molecular complexity index is 330. The van der Waals surface area contributed by atoms with Gasteiger partial charge in [0, 0.05) is 26.6 Å². The zero-order valence-corrected chi connectivity index (χ0v) is 15.3. The van der Waals surface area contributed by atoms with Gasteiger partial charge in [-0.25, -0.2) is 0 Å². The first-order valence-electron chi connectivity index (χ1n) is 8.54. The van der Waals surface area contributed by atoms with Gasteiger partial charge in [-0.15, -0.1) is 0 Å². The minimum Gasteiger partial charge on any atom is -0.377 e. The van der Waals surface area contributed by atoms with Gasteiger partial charge in [0.15, 0.2) is 0 Å². The predicted molar refractivity (Wildman–Crippen MR) is 91.5 cm³/mol. The normalized spacial score (nSPS) is 10.6. The van der Waals surface area contributed by atoms with E-state index in [0.29, 0.717) is 72.4 Å². The fourth-order valence-electron chi connectivity index (χ4n) is 1.59. The van der Waals surface area contributed by atoms with Crippen LogP contribution in [0, 0.1) is 0 Å². The number of hydrogen-bond donors (Lipinski definition) is 2. The summed E-state index contributed by atoms with van der Waals surface area (Å²) in [5.41, 5.74) is 0. The summed E-state index contributed by atoms with van der Waals surface area (Å²) in [7, 11) is 1.47. The van der Waals surface area contributed by atoms with Crippen molar-refractivity contribution in [1.82, 2.24) is 10.6 Å². The van der Waals surface area contributed by atoms with Crippen molar-refractivity contribution in [2.45, 2.75) is 13.3 Å². The molecule has 0 radical (unpaired) electrons. The Morgan fingerprint density at radius 1 is 0.680 bits per heavy atom. The number of carbonyl (C=O) groups excluding carboxylic acids is 2. The molecule has 0 aliphatic rings. The quantitative estimate of drug-likeness (QED) is 0.311. The lowest BCUT2D eigenvalue weighted by atomic mass is 10.4. The van der Waals surface area contributed by atoms with Crippen molar-refractivity contribution in [3.05, 3.63) is 0 Å². The van der Waals surface area contributed by atoms with Crippen molar-refractivity contribution < 1.29 is 33.3 Å². The second-order valence-corrected chi connectivity index (χ2v) is 4.94. The van der Waals surface area contributed by atoms with Gasteiger partial charge in [-0.3, -0.25) is 9.59 Å². The highest BCUT2D eigenvalue weighted by molar-refractivity contribution is 5.77. The van der Waals surface area contributed by atoms with E-state index >= 15 is 0 Å². The minimum atomic E-state index is -0.158. The molecule has 2 amide bonds. The Morgan fingerprint density at radius 2 is 1.08 bits per heavy atom. The molecule has 0 aliphatic heterocycles. The van der Waals surface area contributed by atoms with Gasteiger partial charge in [-0.1, -0.05) is 6.92 Å². The Balaban J connectivity index is 3.07. The summed E-state index contributed by atoms with van der Waals surface area (Å²) in [6.07, 6.45) is 0.485. The van der Waals surface area contributed by atoms with Crippen LogP contribution in [-0.4, -0.2) is 91.5 Å². The smallest absolute Gasteiger partial charge is 0.246 e. The van der Waals surface area contributed by atoms with Crippen molar-refractivity contribution in [3.63, 3.8) is 0 Å². The monoisotopic (exact) mass is 364 g/mol. The SMILES string of the molecule is CCC(=O)NCCOCCOCCOCCOCCNC(=O)COC. The zero-order valence-electron chi connectivity index (χ0n) is 15.3. The summed E-state index contributed by atoms with van der Waals surface area (Å²) >= 11 is 0. The molecule has 0 saturated heterocycles. The van der Waals surface area contributed by atoms with E-state index in [9.17, 15) is 9.59 Å². The fourth-order valence-corrected chi connectivity index (χ4v) is 1.59. The van der Waals surface area contributed by atoms with E-state index in [1.807, 2.05) is 6.92 Å². The summed E-state index contributed by atoms with van der Waals surface area (Å²) in [5.74, 6) is -0.133. The van der Waals surface area contributed by atoms with Crippen LogP contribution in [0.15, 0.2) is 0 Å². The maximum absolute atomic E-state index is 11.1. The summed E-state index contributed by atoms with van der Waals surface area (Å²) < 4.78 is 26.0. The molecule has 0 unspecified atom stereocenters. The van der Waals surface area contributed by atoms with Crippen LogP contribution in [0.4, 0.5) is 0 Å². The third-order valence-corrected chi connectivity index (χ3v) is 2.85. The van der Waals surface area contributed by atoms with Gasteiger partial charge in [-0.2, -0.15) is 0 Å². The molecule has 0 atom stereocenters. The topological polar surface area (TPSA) is 104 Å². The van der Waals surface area contributed by atoms with Crippen LogP contribution in [0.2, 0.25) is 0 Å². The van der Waals surface area contributed by atoms with E-state index in [0.717, 1.165) is 0 Å². The van der Waals surface area contributed by atoms with E-state index in [4.69, 9.17) is 18.9 Å². The molecule has 0 aromatic carbocycles. The average molecular weight is 364 g/mol. The van der Waals surface area contributed by atoms with E-state index in [1.54, 1.807) is 0 Å². The molecule has 9 heteroatoms. The van der Waals surface area contributed by atoms with E-state index in [-0.39, 0.29) is 18.4 Å². The predicted octanol–water partition coefficient (Wildman–Crippen LogP) is -0.658. The maximum atomic E-state index is 11.1. The largest absolute Gasteiger partial charge is 0.377 e. The molecule has 0 bridgehead atoms. The van der Waals surface area contributed by atoms with Gasteiger partial charge in [0.1, 0.15) is 6.61 Å². The third kappa shape index (κ3) is 18.9. The number of hydrogen-bond acceptors (Lipinski definition) is 7. The molecule has 25 heavy (non-hydrogen) atoms. The molecule has 0 rings (SSSR count). The molecule has 0 saturated carbocycles. The molecular formula is C16H32N2O7. The van der Waals surface area contributed by atoms with Crippen molar-refractivity contribution >= 4 is 11.8 Å². The molecule has 2 N–H and O–H groups in total. The first-order chi connectivity index (χ1) is 12.2. The molecule has 0 spiro atoms. The highest BCUT2D eigenvalue weighted by atomic mass is 16.6. The van der Waals surface area contributed by atoms with Crippen molar-refractivity contribution in [1.29, 1.82) is 0 Å². The summed E-state index contributed by atoms with van der Waals surface area (Å²) in [4.78, 5) is 22.0. The molecule has 148 valence electrons. The Morgan fingerprint density at radius 3 is 1.48 bits per heavy atom. The van der Waals surface area contributed by atoms with Crippen LogP contribution in [-0.2, 0) is 33.3 Å². The molecule has 0 heterocycles. The molecule has 0 fully saturated rings. The Labute approximate surface area is 149 Å². The van der Waals surface area contributed by atoms with Gasteiger partial charge in [0.2, 0.25) is 11.8 Å². The lowest BCUT2D eigenvalue weighted by Crippen LogP contribution is -2.30. The Kier molecular flexibility index (Phi) is 18.1. The van der Waals surface area contributed by atoms with Gasteiger partial charge >= 0.3 is 0 Å². The third-order valence-electron chi connectivity index (χ3n) is 2.85. The number of ether oxygens (including phenoxy) is 5. The molecule has 0 aromatic rings. The minimum absolute atomic E-state index is 0.0248. The molecular weight excluding hydrogens is 332 g/mol. The highest BCUT2D eigenvalue weighted by Gasteiger charge is 1.98. The van der Waals surface area contributed by atoms with Crippen molar-refractivity contribution in [3.8, 4) is 0 Å². The van der Waals surface area contributed by atoms with Crippen LogP contribution in [0.3, 0.4) is 0 Å². The standard InChI is InChI=1S/C16H32N2O7/c1-3-15(19)17-4-6-22-8-10-24-12-13-25-11-9-23-7-5-18-16(20)14-21-2/h3-14H2,1-2H3,(H,17,19)(H,18,20). The van der Waals surface area contributed by atoms with Gasteiger partial charge in [0.25, 0.3) is 0 Å². The first kappa shape index (κ1) is 23.7. The number of carbonyl (C=O) groups is 2. The van der Waals surface area contributed by atoms with Crippen LogP contribution in [0.1, 0.15) is 13.3 Å². The summed E-state index contributed by atoms with van der Waals surface area (Å²) in [6, 6.07) is 0. The number of methoxy groups -OCH3 is 1. The highest BCUT2D eigenvalue weighted by Crippen LogP contribution is 1.83. The Hall–Kier alpha value is -1.26. The van der Waals surface area contributed by atoms with E-state index in [2.05, 4.69) is 15.4 Å². The number of rotatable bonds is 18. The first-order valence-corrected chi connectivity index (χ1v) is 8.54. The van der Waals surface area contributed by atoms with Gasteiger partial charge in [0.05, 0.1) is 52.9 Å². The average Bonchev–Trinajstić information content (AvgIpc) is 2.61. The van der Waals surface area contributed by atoms with Crippen molar-refractivity contribution in [2.24, 2.45) is 0 Å². The maximum Gasteiger partial charge on any atom is 0.246 e. The summed E-state index contributed by atoms with van der Waals surface area (Å²) in [6.45, 7) is 6.65. The van der Waals surface area contributed by atoms with Crippen LogP contribution in [0.25, 0.3) is 0 Å². The molecule has 0 aromatic heterocycles. The second kappa shape index (κ2) is 19.1. The molecule has 9 nitrogen and oxygen atoms in total.